The van der Waals surface area contributed by atoms with E-state index in [1.165, 1.54) is 30.5 Å². The van der Waals surface area contributed by atoms with Gasteiger partial charge in [-0.15, -0.1) is 0 Å². The molecule has 3 heteroatoms. The second-order valence-electron chi connectivity index (χ2n) is 7.52. The van der Waals surface area contributed by atoms with Gasteiger partial charge in [0.2, 0.25) is 0 Å². The van der Waals surface area contributed by atoms with Crippen LogP contribution in [-0.4, -0.2) is 34.1 Å². The van der Waals surface area contributed by atoms with E-state index in [9.17, 15) is 0 Å². The Morgan fingerprint density at radius 3 is 2.76 bits per heavy atom. The SMILES string of the molecule is CCC1(C)CN(Cc2ncccc2C)C(C)(C2CC2)CN1. The molecule has 1 N–H and O–H groups in total. The summed E-state index contributed by atoms with van der Waals surface area (Å²) in [6.07, 6.45) is 5.88. The molecule has 2 unspecified atom stereocenters. The van der Waals surface area contributed by atoms with Crippen LogP contribution in [0.5, 0.6) is 0 Å². The summed E-state index contributed by atoms with van der Waals surface area (Å²) >= 11 is 0. The zero-order valence-electron chi connectivity index (χ0n) is 13.9. The summed E-state index contributed by atoms with van der Waals surface area (Å²) in [4.78, 5) is 7.34. The second-order valence-corrected chi connectivity index (χ2v) is 7.52. The molecule has 2 aliphatic rings. The van der Waals surface area contributed by atoms with Crippen LogP contribution in [0, 0.1) is 12.8 Å². The molecule has 1 saturated carbocycles. The van der Waals surface area contributed by atoms with E-state index < -0.39 is 0 Å². The summed E-state index contributed by atoms with van der Waals surface area (Å²) in [7, 11) is 0. The molecule has 21 heavy (non-hydrogen) atoms. The number of hydrogen-bond donors (Lipinski definition) is 1. The number of nitrogens with one attached hydrogen (secondary N) is 1. The molecular weight excluding hydrogens is 258 g/mol. The van der Waals surface area contributed by atoms with E-state index in [1.54, 1.807) is 0 Å². The van der Waals surface area contributed by atoms with Gasteiger partial charge in [0.15, 0.2) is 0 Å². The third kappa shape index (κ3) is 2.86. The third-order valence-electron chi connectivity index (χ3n) is 5.83. The van der Waals surface area contributed by atoms with Gasteiger partial charge in [-0.3, -0.25) is 9.88 Å². The Hall–Kier alpha value is -0.930. The highest BCUT2D eigenvalue weighted by molar-refractivity contribution is 5.19. The fraction of sp³-hybridized carbons (Fsp3) is 0.722. The Labute approximate surface area is 129 Å². The minimum absolute atomic E-state index is 0.233. The molecule has 3 nitrogen and oxygen atoms in total. The van der Waals surface area contributed by atoms with Gasteiger partial charge in [0.25, 0.3) is 0 Å². The molecule has 0 aromatic carbocycles. The summed E-state index contributed by atoms with van der Waals surface area (Å²) < 4.78 is 0. The zero-order valence-corrected chi connectivity index (χ0v) is 13.9. The molecule has 0 bridgehead atoms. The molecule has 1 aromatic heterocycles. The van der Waals surface area contributed by atoms with Gasteiger partial charge >= 0.3 is 0 Å². The van der Waals surface area contributed by atoms with E-state index in [0.29, 0.717) is 5.54 Å². The molecule has 0 spiro atoms. The van der Waals surface area contributed by atoms with Crippen LogP contribution in [0.4, 0.5) is 0 Å². The summed E-state index contributed by atoms with van der Waals surface area (Å²) in [5.41, 5.74) is 3.08. The number of pyridine rings is 1. The lowest BCUT2D eigenvalue weighted by Gasteiger charge is -2.52. The topological polar surface area (TPSA) is 28.2 Å². The first kappa shape index (κ1) is 15.0. The second kappa shape index (κ2) is 5.36. The maximum Gasteiger partial charge on any atom is 0.0573 e. The average Bonchev–Trinajstić information content (AvgIpc) is 3.31. The first-order valence-electron chi connectivity index (χ1n) is 8.37. The minimum atomic E-state index is 0.233. The van der Waals surface area contributed by atoms with Crippen LogP contribution in [0.15, 0.2) is 18.3 Å². The van der Waals surface area contributed by atoms with Crippen LogP contribution in [-0.2, 0) is 6.54 Å². The van der Waals surface area contributed by atoms with Gasteiger partial charge in [-0.25, -0.2) is 0 Å². The number of aryl methyl sites for hydroxylation is 1. The molecule has 2 atom stereocenters. The Kier molecular flexibility index (Phi) is 3.83. The summed E-state index contributed by atoms with van der Waals surface area (Å²) in [5, 5.41) is 3.83. The average molecular weight is 287 g/mol. The maximum absolute atomic E-state index is 4.63. The lowest BCUT2D eigenvalue weighted by Crippen LogP contribution is -2.68. The monoisotopic (exact) mass is 287 g/mol. The highest BCUT2D eigenvalue weighted by Crippen LogP contribution is 2.45. The van der Waals surface area contributed by atoms with Crippen molar-refractivity contribution in [2.75, 3.05) is 13.1 Å². The van der Waals surface area contributed by atoms with E-state index >= 15 is 0 Å². The van der Waals surface area contributed by atoms with Gasteiger partial charge in [0.1, 0.15) is 0 Å². The fourth-order valence-electron chi connectivity index (χ4n) is 3.61. The van der Waals surface area contributed by atoms with Crippen LogP contribution in [0.1, 0.15) is 51.3 Å². The molecule has 1 aliphatic heterocycles. The van der Waals surface area contributed by atoms with Crippen LogP contribution in [0.2, 0.25) is 0 Å². The number of hydrogen-bond acceptors (Lipinski definition) is 3. The molecule has 0 amide bonds. The molecule has 1 aliphatic carbocycles. The Morgan fingerprint density at radius 1 is 1.38 bits per heavy atom. The Balaban J connectivity index is 1.85. The van der Waals surface area contributed by atoms with Gasteiger partial charge in [-0.05, 0) is 57.6 Å². The smallest absolute Gasteiger partial charge is 0.0573 e. The minimum Gasteiger partial charge on any atom is -0.308 e. The number of aromatic nitrogens is 1. The van der Waals surface area contributed by atoms with Crippen molar-refractivity contribution < 1.29 is 0 Å². The van der Waals surface area contributed by atoms with Crippen molar-refractivity contribution >= 4 is 0 Å². The van der Waals surface area contributed by atoms with Gasteiger partial charge in [-0.2, -0.15) is 0 Å². The van der Waals surface area contributed by atoms with Crippen molar-refractivity contribution in [1.82, 2.24) is 15.2 Å². The van der Waals surface area contributed by atoms with E-state index in [1.807, 2.05) is 12.3 Å². The fourth-order valence-corrected chi connectivity index (χ4v) is 3.61. The number of rotatable bonds is 4. The molecular formula is C18H29N3. The standard InChI is InChI=1S/C18H29N3/c1-5-17(3)13-21(11-16-14(2)7-6-10-19-16)18(4,12-20-17)15-8-9-15/h6-7,10,15,20H,5,8-9,11-13H2,1-4H3. The molecule has 3 rings (SSSR count). The lowest BCUT2D eigenvalue weighted by molar-refractivity contribution is -0.00231. The van der Waals surface area contributed by atoms with Crippen LogP contribution in [0.25, 0.3) is 0 Å². The summed E-state index contributed by atoms with van der Waals surface area (Å²) in [6, 6.07) is 4.21. The van der Waals surface area contributed by atoms with Crippen molar-refractivity contribution in [1.29, 1.82) is 0 Å². The third-order valence-corrected chi connectivity index (χ3v) is 5.83. The quantitative estimate of drug-likeness (QED) is 0.922. The first-order valence-corrected chi connectivity index (χ1v) is 8.37. The highest BCUT2D eigenvalue weighted by Gasteiger charge is 2.50. The molecule has 116 valence electrons. The molecule has 2 heterocycles. The van der Waals surface area contributed by atoms with Crippen molar-refractivity contribution in [3.63, 3.8) is 0 Å². The van der Waals surface area contributed by atoms with Crippen molar-refractivity contribution in [2.45, 2.75) is 64.6 Å². The van der Waals surface area contributed by atoms with Crippen LogP contribution < -0.4 is 5.32 Å². The highest BCUT2D eigenvalue weighted by atomic mass is 15.3. The predicted molar refractivity (Wildman–Crippen MR) is 87.2 cm³/mol. The molecule has 2 fully saturated rings. The van der Waals surface area contributed by atoms with Crippen molar-refractivity contribution in [3.05, 3.63) is 29.6 Å². The van der Waals surface area contributed by atoms with Crippen LogP contribution >= 0.6 is 0 Å². The van der Waals surface area contributed by atoms with E-state index in [-0.39, 0.29) is 5.54 Å². The van der Waals surface area contributed by atoms with Gasteiger partial charge in [0, 0.05) is 36.9 Å². The van der Waals surface area contributed by atoms with Crippen molar-refractivity contribution in [2.24, 2.45) is 5.92 Å². The summed E-state index contributed by atoms with van der Waals surface area (Å²) in [5.74, 6) is 0.857. The normalized spacial score (nSPS) is 34.1. The lowest BCUT2D eigenvalue weighted by atomic mass is 9.84. The van der Waals surface area contributed by atoms with E-state index in [4.69, 9.17) is 0 Å². The van der Waals surface area contributed by atoms with Crippen LogP contribution in [0.3, 0.4) is 0 Å². The summed E-state index contributed by atoms with van der Waals surface area (Å²) in [6.45, 7) is 12.5. The van der Waals surface area contributed by atoms with Gasteiger partial charge in [0.05, 0.1) is 5.69 Å². The molecule has 1 saturated heterocycles. The number of piperazine rings is 1. The van der Waals surface area contributed by atoms with Gasteiger partial charge < -0.3 is 5.32 Å². The number of nitrogens with zero attached hydrogens (tertiary/aromatic N) is 2. The maximum atomic E-state index is 4.63. The predicted octanol–water partition coefficient (Wildman–Crippen LogP) is 3.13. The first-order chi connectivity index (χ1) is 9.97. The van der Waals surface area contributed by atoms with E-state index in [2.05, 4.69) is 49.0 Å². The Morgan fingerprint density at radius 2 is 2.14 bits per heavy atom. The van der Waals surface area contributed by atoms with Crippen molar-refractivity contribution in [3.8, 4) is 0 Å². The molecule has 0 radical (unpaired) electrons. The van der Waals surface area contributed by atoms with E-state index in [0.717, 1.165) is 25.6 Å². The molecule has 1 aromatic rings. The largest absolute Gasteiger partial charge is 0.308 e. The zero-order chi connectivity index (χ0) is 15.1. The Bertz CT molecular complexity index is 511. The van der Waals surface area contributed by atoms with Gasteiger partial charge in [-0.1, -0.05) is 13.0 Å².